The number of benzene rings is 2. The van der Waals surface area contributed by atoms with Gasteiger partial charge in [-0.25, -0.2) is 18.1 Å². The molecule has 4 rings (SSSR count). The van der Waals surface area contributed by atoms with Gasteiger partial charge in [0.2, 0.25) is 10.0 Å². The van der Waals surface area contributed by atoms with Crippen LogP contribution in [0, 0.1) is 13.8 Å². The van der Waals surface area contributed by atoms with Crippen LogP contribution in [0.15, 0.2) is 70.0 Å². The molecule has 1 amide bonds. The maximum Gasteiger partial charge on any atom is 0.404 e. The lowest BCUT2D eigenvalue weighted by molar-refractivity contribution is -0.106. The van der Waals surface area contributed by atoms with E-state index >= 15 is 0 Å². The highest BCUT2D eigenvalue weighted by Crippen LogP contribution is 2.32. The SMILES string of the molecule is Cc1cc([C@@H](C)Nc2cccnc2C(=O)NS(=O)(=O)CC(F)(F)F)c2oc(-c3ccccc3)c(C)c(=O)c2c1. The van der Waals surface area contributed by atoms with Crippen molar-refractivity contribution in [1.29, 1.82) is 0 Å². The lowest BCUT2D eigenvalue weighted by Crippen LogP contribution is -2.38. The number of sulfonamides is 1. The van der Waals surface area contributed by atoms with Gasteiger partial charge >= 0.3 is 6.18 Å². The van der Waals surface area contributed by atoms with E-state index in [0.29, 0.717) is 33.4 Å². The topological polar surface area (TPSA) is 118 Å². The first-order valence-corrected chi connectivity index (χ1v) is 13.4. The van der Waals surface area contributed by atoms with E-state index in [1.807, 2.05) is 37.3 Å². The predicted molar refractivity (Wildman–Crippen MR) is 141 cm³/mol. The highest BCUT2D eigenvalue weighted by Gasteiger charge is 2.36. The Labute approximate surface area is 221 Å². The van der Waals surface area contributed by atoms with Crippen LogP contribution in [0.2, 0.25) is 0 Å². The van der Waals surface area contributed by atoms with Crippen LogP contribution >= 0.6 is 0 Å². The fourth-order valence-corrected chi connectivity index (χ4v) is 5.09. The molecule has 0 radical (unpaired) electrons. The number of carbonyl (C=O) groups excluding carboxylic acids is 1. The minimum atomic E-state index is -5.03. The maximum absolute atomic E-state index is 13.3. The van der Waals surface area contributed by atoms with Crippen molar-refractivity contribution in [3.05, 3.63) is 93.4 Å². The molecular formula is C27H24F3N3O5S. The van der Waals surface area contributed by atoms with Crippen LogP contribution in [0.4, 0.5) is 18.9 Å². The summed E-state index contributed by atoms with van der Waals surface area (Å²) in [4.78, 5) is 29.8. The van der Waals surface area contributed by atoms with E-state index in [1.54, 1.807) is 26.0 Å². The number of nitrogens with one attached hydrogen (secondary N) is 2. The predicted octanol–water partition coefficient (Wildman–Crippen LogP) is 5.27. The zero-order valence-corrected chi connectivity index (χ0v) is 21.9. The summed E-state index contributed by atoms with van der Waals surface area (Å²) >= 11 is 0. The Hall–Kier alpha value is -4.19. The summed E-state index contributed by atoms with van der Waals surface area (Å²) in [6.07, 6.45) is -3.82. The Morgan fingerprint density at radius 1 is 1.08 bits per heavy atom. The summed E-state index contributed by atoms with van der Waals surface area (Å²) in [6, 6.07) is 14.9. The maximum atomic E-state index is 13.3. The second-order valence-corrected chi connectivity index (χ2v) is 10.8. The molecule has 12 heteroatoms. The summed E-state index contributed by atoms with van der Waals surface area (Å²) in [5.41, 5.74) is 2.25. The van der Waals surface area contributed by atoms with Crippen molar-refractivity contribution in [2.24, 2.45) is 0 Å². The van der Waals surface area contributed by atoms with Gasteiger partial charge in [0.25, 0.3) is 5.91 Å². The van der Waals surface area contributed by atoms with E-state index in [1.165, 1.54) is 23.1 Å². The standard InChI is InChI=1S/C27H24F3N3O5S/c1-15-12-19(25-20(13-15)23(34)16(2)24(38-25)18-8-5-4-6-9-18)17(3)32-21-10-7-11-31-22(21)26(35)33-39(36,37)14-27(28,29)30/h4-13,17,32H,14H2,1-3H3,(H,33,35)/t17-/m1/s1. The third-order valence-electron chi connectivity index (χ3n) is 5.89. The monoisotopic (exact) mass is 559 g/mol. The van der Waals surface area contributed by atoms with Gasteiger partial charge in [-0.2, -0.15) is 13.2 Å². The molecule has 0 spiro atoms. The number of aromatic nitrogens is 1. The van der Waals surface area contributed by atoms with Crippen LogP contribution in [-0.2, 0) is 10.0 Å². The van der Waals surface area contributed by atoms with Gasteiger partial charge in [0.1, 0.15) is 11.3 Å². The Balaban J connectivity index is 1.74. The Bertz CT molecular complexity index is 1720. The van der Waals surface area contributed by atoms with Gasteiger partial charge < -0.3 is 9.73 Å². The molecule has 0 aliphatic rings. The van der Waals surface area contributed by atoms with Gasteiger partial charge in [0.15, 0.2) is 16.9 Å². The first-order chi connectivity index (χ1) is 18.3. The molecule has 2 aromatic carbocycles. The van der Waals surface area contributed by atoms with Crippen molar-refractivity contribution in [1.82, 2.24) is 9.71 Å². The lowest BCUT2D eigenvalue weighted by atomic mass is 9.98. The molecule has 0 bridgehead atoms. The number of aryl methyl sites for hydroxylation is 1. The highest BCUT2D eigenvalue weighted by molar-refractivity contribution is 7.90. The van der Waals surface area contributed by atoms with Gasteiger partial charge in [0.05, 0.1) is 17.1 Å². The number of halogens is 3. The Kier molecular flexibility index (Phi) is 7.51. The summed E-state index contributed by atoms with van der Waals surface area (Å²) in [5, 5.41) is 3.41. The average molecular weight is 560 g/mol. The summed E-state index contributed by atoms with van der Waals surface area (Å²) < 4.78 is 69.2. The summed E-state index contributed by atoms with van der Waals surface area (Å²) in [5.74, 6) is -3.13. The number of anilines is 1. The van der Waals surface area contributed by atoms with Crippen molar-refractivity contribution < 1.29 is 30.8 Å². The molecule has 2 aromatic heterocycles. The average Bonchev–Trinajstić information content (AvgIpc) is 2.85. The molecular weight excluding hydrogens is 535 g/mol. The van der Waals surface area contributed by atoms with Gasteiger partial charge in [-0.05, 0) is 44.5 Å². The number of alkyl halides is 3. The third-order valence-corrected chi connectivity index (χ3v) is 7.09. The van der Waals surface area contributed by atoms with E-state index in [-0.39, 0.29) is 11.1 Å². The van der Waals surface area contributed by atoms with Crippen LogP contribution in [0.1, 0.15) is 40.1 Å². The van der Waals surface area contributed by atoms with Crippen molar-refractivity contribution >= 4 is 32.6 Å². The second-order valence-electron chi connectivity index (χ2n) is 9.05. The lowest BCUT2D eigenvalue weighted by Gasteiger charge is -2.20. The number of pyridine rings is 1. The van der Waals surface area contributed by atoms with Crippen LogP contribution in [0.3, 0.4) is 0 Å². The van der Waals surface area contributed by atoms with E-state index < -0.39 is 39.6 Å². The van der Waals surface area contributed by atoms with Crippen molar-refractivity contribution in [3.8, 4) is 11.3 Å². The Morgan fingerprint density at radius 3 is 2.44 bits per heavy atom. The fourth-order valence-electron chi connectivity index (χ4n) is 4.21. The van der Waals surface area contributed by atoms with E-state index in [0.717, 1.165) is 5.56 Å². The fraction of sp³-hybridized carbons (Fsp3) is 0.222. The number of amides is 1. The number of fused-ring (bicyclic) bond motifs is 1. The second kappa shape index (κ2) is 10.5. The van der Waals surface area contributed by atoms with Gasteiger partial charge in [-0.3, -0.25) is 9.59 Å². The zero-order chi connectivity index (χ0) is 28.5. The molecule has 0 aliphatic carbocycles. The normalized spacial score (nSPS) is 12.8. The quantitative estimate of drug-likeness (QED) is 0.317. The van der Waals surface area contributed by atoms with Crippen molar-refractivity contribution in [3.63, 3.8) is 0 Å². The first kappa shape index (κ1) is 27.8. The van der Waals surface area contributed by atoms with Gasteiger partial charge in [0, 0.05) is 22.9 Å². The van der Waals surface area contributed by atoms with E-state index in [9.17, 15) is 31.2 Å². The molecule has 204 valence electrons. The van der Waals surface area contributed by atoms with Crippen LogP contribution < -0.4 is 15.5 Å². The highest BCUT2D eigenvalue weighted by atomic mass is 32.2. The Morgan fingerprint density at radius 2 is 1.77 bits per heavy atom. The number of nitrogens with zero attached hydrogens (tertiary/aromatic N) is 1. The first-order valence-electron chi connectivity index (χ1n) is 11.7. The molecule has 1 atom stereocenters. The molecule has 8 nitrogen and oxygen atoms in total. The smallest absolute Gasteiger partial charge is 0.404 e. The molecule has 0 fully saturated rings. The van der Waals surface area contributed by atoms with Gasteiger partial charge in [-0.1, -0.05) is 36.4 Å². The molecule has 0 saturated heterocycles. The van der Waals surface area contributed by atoms with Crippen LogP contribution in [-0.4, -0.2) is 31.2 Å². The number of rotatable bonds is 7. The molecule has 4 aromatic rings. The summed E-state index contributed by atoms with van der Waals surface area (Å²) in [7, 11) is -5.00. The van der Waals surface area contributed by atoms with E-state index in [4.69, 9.17) is 4.42 Å². The van der Waals surface area contributed by atoms with Crippen LogP contribution in [0.5, 0.6) is 0 Å². The van der Waals surface area contributed by atoms with Crippen LogP contribution in [0.25, 0.3) is 22.3 Å². The minimum Gasteiger partial charge on any atom is -0.455 e. The van der Waals surface area contributed by atoms with Gasteiger partial charge in [-0.15, -0.1) is 0 Å². The van der Waals surface area contributed by atoms with Crippen molar-refractivity contribution in [2.45, 2.75) is 33.0 Å². The minimum absolute atomic E-state index is 0.0668. The molecule has 2 heterocycles. The van der Waals surface area contributed by atoms with Crippen molar-refractivity contribution in [2.75, 3.05) is 11.1 Å². The summed E-state index contributed by atoms with van der Waals surface area (Å²) in [6.45, 7) is 5.22. The van der Waals surface area contributed by atoms with E-state index in [2.05, 4.69) is 10.3 Å². The molecule has 0 aliphatic heterocycles. The molecule has 39 heavy (non-hydrogen) atoms. The largest absolute Gasteiger partial charge is 0.455 e. The molecule has 2 N–H and O–H groups in total. The number of carbonyl (C=O) groups is 1. The molecule has 0 saturated carbocycles. The zero-order valence-electron chi connectivity index (χ0n) is 21.1. The number of hydrogen-bond acceptors (Lipinski definition) is 7. The third kappa shape index (κ3) is 6.28. The number of hydrogen-bond donors (Lipinski definition) is 2. The molecule has 0 unspecified atom stereocenters.